The number of amides is 2. The molecule has 3 rings (SSSR count). The van der Waals surface area contributed by atoms with Crippen molar-refractivity contribution >= 4 is 33.2 Å². The Morgan fingerprint density at radius 3 is 2.25 bits per heavy atom. The highest BCUT2D eigenvalue weighted by molar-refractivity contribution is 7.92. The minimum Gasteiger partial charge on any atom is -0.339 e. The normalized spacial score (nSPS) is 14.8. The molecule has 0 saturated carbocycles. The van der Waals surface area contributed by atoms with Crippen LogP contribution in [0.15, 0.2) is 42.5 Å². The van der Waals surface area contributed by atoms with Gasteiger partial charge in [0.2, 0.25) is 15.9 Å². The average molecular weight is 466 g/mol. The first-order valence-corrected chi connectivity index (χ1v) is 12.0. The van der Waals surface area contributed by atoms with E-state index < -0.39 is 27.6 Å². The van der Waals surface area contributed by atoms with Crippen molar-refractivity contribution in [3.63, 3.8) is 0 Å². The third kappa shape index (κ3) is 6.03. The number of carbonyl (C=O) groups is 2. The van der Waals surface area contributed by atoms with Crippen molar-refractivity contribution in [2.24, 2.45) is 5.92 Å². The number of carbonyl (C=O) groups excluding carboxylic acids is 2. The summed E-state index contributed by atoms with van der Waals surface area (Å²) in [6, 6.07) is 9.19. The molecule has 0 atom stereocenters. The fourth-order valence-electron chi connectivity index (χ4n) is 3.54. The number of hydrogen-bond donors (Lipinski definition) is 2. The van der Waals surface area contributed by atoms with Crippen LogP contribution in [0.3, 0.4) is 0 Å². The zero-order valence-electron chi connectivity index (χ0n) is 17.6. The topological polar surface area (TPSA) is 95.6 Å². The minimum absolute atomic E-state index is 0.0283. The van der Waals surface area contributed by atoms with Crippen molar-refractivity contribution in [3.8, 4) is 0 Å². The maximum atomic E-state index is 13.9. The molecule has 0 bridgehead atoms. The van der Waals surface area contributed by atoms with E-state index in [9.17, 15) is 26.8 Å². The highest BCUT2D eigenvalue weighted by atomic mass is 32.2. The molecule has 1 aliphatic rings. The molecule has 1 fully saturated rings. The molecule has 2 amide bonds. The largest absolute Gasteiger partial charge is 0.339 e. The molecule has 32 heavy (non-hydrogen) atoms. The highest BCUT2D eigenvalue weighted by Crippen LogP contribution is 2.23. The van der Waals surface area contributed by atoms with Gasteiger partial charge in [0.25, 0.3) is 5.91 Å². The Balaban J connectivity index is 1.53. The summed E-state index contributed by atoms with van der Waals surface area (Å²) in [4.78, 5) is 26.5. The quantitative estimate of drug-likeness (QED) is 0.653. The monoisotopic (exact) mass is 465 g/mol. The lowest BCUT2D eigenvalue weighted by Crippen LogP contribution is -2.41. The fourth-order valence-corrected chi connectivity index (χ4v) is 4.68. The summed E-state index contributed by atoms with van der Waals surface area (Å²) in [5.41, 5.74) is 0.751. The third-order valence-corrected chi connectivity index (χ3v) is 6.71. The van der Waals surface area contributed by atoms with Gasteiger partial charge in [-0.15, -0.1) is 0 Å². The van der Waals surface area contributed by atoms with Crippen LogP contribution >= 0.6 is 0 Å². The Kier molecular flexibility index (Phi) is 7.44. The van der Waals surface area contributed by atoms with E-state index in [-0.39, 0.29) is 36.2 Å². The van der Waals surface area contributed by atoms with Crippen molar-refractivity contribution in [1.29, 1.82) is 0 Å². The van der Waals surface area contributed by atoms with Gasteiger partial charge in [0.05, 0.1) is 11.3 Å². The summed E-state index contributed by atoms with van der Waals surface area (Å²) >= 11 is 0. The molecule has 2 aromatic rings. The Bertz CT molecular complexity index is 1080. The standard InChI is InChI=1S/C22H25F2N3O4S/c1-2-13-32(30,31)26-18-6-4-17(5-7-18)25-21(28)15-9-11-27(12-10-15)22(29)19-8-3-16(23)14-20(19)24/h3-8,14-15,26H,2,9-13H2,1H3,(H,25,28). The molecule has 1 aliphatic heterocycles. The molecular weight excluding hydrogens is 440 g/mol. The molecule has 1 heterocycles. The Hall–Kier alpha value is -3.01. The van der Waals surface area contributed by atoms with Gasteiger partial charge < -0.3 is 10.2 Å². The molecule has 7 nitrogen and oxygen atoms in total. The van der Waals surface area contributed by atoms with Gasteiger partial charge >= 0.3 is 0 Å². The van der Waals surface area contributed by atoms with Gasteiger partial charge in [0.15, 0.2) is 0 Å². The lowest BCUT2D eigenvalue weighted by molar-refractivity contribution is -0.121. The summed E-state index contributed by atoms with van der Waals surface area (Å²) in [7, 11) is -3.39. The van der Waals surface area contributed by atoms with Gasteiger partial charge in [-0.05, 0) is 55.7 Å². The van der Waals surface area contributed by atoms with Gasteiger partial charge in [-0.1, -0.05) is 6.92 Å². The van der Waals surface area contributed by atoms with Gasteiger partial charge in [-0.25, -0.2) is 17.2 Å². The van der Waals surface area contributed by atoms with E-state index in [1.54, 1.807) is 31.2 Å². The Morgan fingerprint density at radius 2 is 1.66 bits per heavy atom. The first-order chi connectivity index (χ1) is 15.2. The van der Waals surface area contributed by atoms with Crippen molar-refractivity contribution in [2.75, 3.05) is 28.9 Å². The van der Waals surface area contributed by atoms with Gasteiger partial charge in [-0.3, -0.25) is 14.3 Å². The van der Waals surface area contributed by atoms with Crippen molar-refractivity contribution in [3.05, 3.63) is 59.7 Å². The maximum Gasteiger partial charge on any atom is 0.256 e. The highest BCUT2D eigenvalue weighted by Gasteiger charge is 2.29. The predicted octanol–water partition coefficient (Wildman–Crippen LogP) is 3.61. The van der Waals surface area contributed by atoms with Crippen LogP contribution in [0.25, 0.3) is 0 Å². The van der Waals surface area contributed by atoms with Crippen molar-refractivity contribution in [1.82, 2.24) is 4.90 Å². The van der Waals surface area contributed by atoms with Crippen LogP contribution in [-0.2, 0) is 14.8 Å². The number of anilines is 2. The van der Waals surface area contributed by atoms with E-state index in [0.29, 0.717) is 36.7 Å². The molecule has 0 aromatic heterocycles. The van der Waals surface area contributed by atoms with Crippen LogP contribution in [0, 0.1) is 17.6 Å². The lowest BCUT2D eigenvalue weighted by Gasteiger charge is -2.31. The van der Waals surface area contributed by atoms with E-state index in [1.165, 1.54) is 4.90 Å². The second kappa shape index (κ2) is 10.1. The minimum atomic E-state index is -3.39. The van der Waals surface area contributed by atoms with Crippen LogP contribution in [0.5, 0.6) is 0 Å². The smallest absolute Gasteiger partial charge is 0.256 e. The number of benzene rings is 2. The first-order valence-electron chi connectivity index (χ1n) is 10.3. The zero-order chi connectivity index (χ0) is 23.3. The summed E-state index contributed by atoms with van der Waals surface area (Å²) in [6.45, 7) is 2.34. The number of likely N-dealkylation sites (tertiary alicyclic amines) is 1. The molecular formula is C22H25F2N3O4S. The third-order valence-electron chi connectivity index (χ3n) is 5.21. The van der Waals surface area contributed by atoms with Crippen molar-refractivity contribution in [2.45, 2.75) is 26.2 Å². The van der Waals surface area contributed by atoms with E-state index in [0.717, 1.165) is 12.1 Å². The molecule has 0 radical (unpaired) electrons. The molecule has 172 valence electrons. The molecule has 2 N–H and O–H groups in total. The van der Waals surface area contributed by atoms with Crippen molar-refractivity contribution < 1.29 is 26.8 Å². The van der Waals surface area contributed by atoms with Crippen LogP contribution in [0.4, 0.5) is 20.2 Å². The number of nitrogens with one attached hydrogen (secondary N) is 2. The summed E-state index contributed by atoms with van der Waals surface area (Å²) < 4.78 is 53.0. The fraction of sp³-hybridized carbons (Fsp3) is 0.364. The zero-order valence-corrected chi connectivity index (χ0v) is 18.4. The number of sulfonamides is 1. The number of halogens is 2. The van der Waals surface area contributed by atoms with Crippen LogP contribution < -0.4 is 10.0 Å². The predicted molar refractivity (Wildman–Crippen MR) is 118 cm³/mol. The second-order valence-electron chi connectivity index (χ2n) is 7.68. The van der Waals surface area contributed by atoms with E-state index in [2.05, 4.69) is 10.0 Å². The summed E-state index contributed by atoms with van der Waals surface area (Å²) in [5, 5.41) is 2.80. The molecule has 0 spiro atoms. The van der Waals surface area contributed by atoms with Gasteiger partial charge in [-0.2, -0.15) is 0 Å². The summed E-state index contributed by atoms with van der Waals surface area (Å²) in [6.07, 6.45) is 1.33. The SMILES string of the molecule is CCCS(=O)(=O)Nc1ccc(NC(=O)C2CCN(C(=O)c3ccc(F)cc3F)CC2)cc1. The number of rotatable bonds is 7. The van der Waals surface area contributed by atoms with E-state index in [1.807, 2.05) is 0 Å². The maximum absolute atomic E-state index is 13.9. The number of hydrogen-bond acceptors (Lipinski definition) is 4. The summed E-state index contributed by atoms with van der Waals surface area (Å²) in [5.74, 6) is -2.68. The number of piperidine rings is 1. The lowest BCUT2D eigenvalue weighted by atomic mass is 9.95. The van der Waals surface area contributed by atoms with Crippen LogP contribution in [0.1, 0.15) is 36.5 Å². The Labute approximate surface area is 185 Å². The van der Waals surface area contributed by atoms with Crippen LogP contribution in [0.2, 0.25) is 0 Å². The number of nitrogens with zero attached hydrogens (tertiary/aromatic N) is 1. The second-order valence-corrected chi connectivity index (χ2v) is 9.52. The van der Waals surface area contributed by atoms with Gasteiger partial charge in [0.1, 0.15) is 11.6 Å². The average Bonchev–Trinajstić information content (AvgIpc) is 2.74. The van der Waals surface area contributed by atoms with Crippen LogP contribution in [-0.4, -0.2) is 44.0 Å². The molecule has 10 heteroatoms. The molecule has 2 aromatic carbocycles. The Morgan fingerprint density at radius 1 is 1.03 bits per heavy atom. The van der Waals surface area contributed by atoms with E-state index >= 15 is 0 Å². The first kappa shape index (κ1) is 23.6. The molecule has 0 aliphatic carbocycles. The van der Waals surface area contributed by atoms with Gasteiger partial charge in [0, 0.05) is 36.4 Å². The molecule has 0 unspecified atom stereocenters. The van der Waals surface area contributed by atoms with E-state index in [4.69, 9.17) is 0 Å². The molecule has 1 saturated heterocycles.